The Morgan fingerprint density at radius 1 is 0.438 bits per heavy atom. The average molecular weight is 1120 g/mol. The molecule has 2 fully saturated rings. The second-order valence-corrected chi connectivity index (χ2v) is 24.4. The van der Waals surface area contributed by atoms with Crippen LogP contribution < -0.4 is 5.32 Å². The molecule has 2 aromatic rings. The molecule has 2 saturated heterocycles. The average Bonchev–Trinajstić information content (AvgIpc) is 3.34. The molecule has 0 aromatic heterocycles. The smallest absolute Gasteiger partial charge is 0.410 e. The molecule has 2 aliphatic rings. The van der Waals surface area contributed by atoms with Crippen LogP contribution >= 0.6 is 0 Å². The number of benzene rings is 2. The third kappa shape index (κ3) is 27.5. The Labute approximate surface area is 475 Å². The van der Waals surface area contributed by atoms with Crippen LogP contribution in [0.25, 0.3) is 0 Å². The van der Waals surface area contributed by atoms with Crippen LogP contribution in [0.2, 0.25) is 0 Å². The molecule has 4 rings (SSSR count). The van der Waals surface area contributed by atoms with Crippen LogP contribution in [-0.2, 0) is 65.6 Å². The van der Waals surface area contributed by atoms with Gasteiger partial charge in [0, 0.05) is 111 Å². The number of amides is 3. The lowest BCUT2D eigenvalue weighted by Crippen LogP contribution is -2.53. The number of hydrogen-bond donors (Lipinski definition) is 1. The summed E-state index contributed by atoms with van der Waals surface area (Å²) in [5.41, 5.74) is -1.46. The lowest BCUT2D eigenvalue weighted by molar-refractivity contribution is -0.163. The first kappa shape index (κ1) is 66.6. The molecule has 80 heavy (non-hydrogen) atoms. The van der Waals surface area contributed by atoms with E-state index in [1.54, 1.807) is 97.8 Å². The number of ether oxygens (including phenoxy) is 6. The second-order valence-electron chi connectivity index (χ2n) is 24.4. The minimum atomic E-state index is -0.982. The van der Waals surface area contributed by atoms with Crippen molar-refractivity contribution >= 4 is 42.0 Å². The van der Waals surface area contributed by atoms with Gasteiger partial charge >= 0.3 is 36.1 Å². The summed E-state index contributed by atoms with van der Waals surface area (Å²) in [5, 5.41) is 3.33. The largest absolute Gasteiger partial charge is 0.459 e. The molecule has 0 bridgehead atoms. The summed E-state index contributed by atoms with van der Waals surface area (Å²) in [5.74, 6) is -2.17. The zero-order valence-corrected chi connectivity index (χ0v) is 50.1. The van der Waals surface area contributed by atoms with E-state index in [4.69, 9.17) is 28.4 Å². The first-order chi connectivity index (χ1) is 37.5. The van der Waals surface area contributed by atoms with Gasteiger partial charge in [-0.2, -0.15) is 0 Å². The molecule has 0 spiro atoms. The van der Waals surface area contributed by atoms with Crippen molar-refractivity contribution in [3.63, 3.8) is 0 Å². The third-order valence-electron chi connectivity index (χ3n) is 12.6. The normalized spacial score (nSPS) is 17.5. The van der Waals surface area contributed by atoms with Gasteiger partial charge in [-0.1, -0.05) is 60.7 Å². The van der Waals surface area contributed by atoms with E-state index in [0.717, 1.165) is 11.1 Å². The number of hydrogen-bond acceptors (Lipinski definition) is 18. The standard InChI is InChI=1S/C59H94N8O13/c1-56(2,3)77-50(69)41-61-29-31-62(42-51(70)78-57(4,5)6)33-35-64(36-34-63(32-30-61)43-52(71)79-58(7,8)9)48(53(72)80-59(10,11)12)23-24-49(68)65-37-39-66(54(73)75-44-46-19-15-13-16-20-46)27-25-60-26-28-67(40-38-65)55(74)76-45-47-21-17-14-18-22-47/h13-22,48,60H,23-45H2,1-12H3. The van der Waals surface area contributed by atoms with Crippen molar-refractivity contribution in [3.05, 3.63) is 71.8 Å². The van der Waals surface area contributed by atoms with Crippen molar-refractivity contribution in [1.82, 2.24) is 39.6 Å². The van der Waals surface area contributed by atoms with E-state index in [1.165, 1.54) is 0 Å². The van der Waals surface area contributed by atoms with E-state index >= 15 is 0 Å². The highest BCUT2D eigenvalue weighted by Gasteiger charge is 2.34. The van der Waals surface area contributed by atoms with Gasteiger partial charge in [0.2, 0.25) is 5.91 Å². The van der Waals surface area contributed by atoms with E-state index in [0.29, 0.717) is 39.3 Å². The summed E-state index contributed by atoms with van der Waals surface area (Å²) in [6, 6.07) is 17.7. The lowest BCUT2D eigenvalue weighted by Gasteiger charge is -2.37. The highest BCUT2D eigenvalue weighted by Crippen LogP contribution is 2.19. The minimum absolute atomic E-state index is 0.0155. The monoisotopic (exact) mass is 1120 g/mol. The van der Waals surface area contributed by atoms with Gasteiger partial charge in [0.15, 0.2) is 0 Å². The molecule has 21 heteroatoms. The molecule has 0 aliphatic carbocycles. The van der Waals surface area contributed by atoms with Crippen molar-refractivity contribution in [2.45, 2.75) is 138 Å². The van der Waals surface area contributed by atoms with Gasteiger partial charge in [-0.3, -0.25) is 43.6 Å². The van der Waals surface area contributed by atoms with Gasteiger partial charge in [0.05, 0.1) is 19.6 Å². The van der Waals surface area contributed by atoms with E-state index in [1.807, 2.05) is 80.3 Å². The lowest BCUT2D eigenvalue weighted by atomic mass is 10.1. The van der Waals surface area contributed by atoms with Crippen LogP contribution in [0.3, 0.4) is 0 Å². The topological polar surface area (TPSA) is 210 Å². The Bertz CT molecular complexity index is 2150. The Kier molecular flexibility index (Phi) is 26.6. The van der Waals surface area contributed by atoms with Gasteiger partial charge in [0.25, 0.3) is 0 Å². The van der Waals surface area contributed by atoms with Crippen LogP contribution in [-0.4, -0.2) is 229 Å². The number of carbonyl (C=O) groups excluding carboxylic acids is 7. The molecule has 2 aromatic carbocycles. The molecule has 1 atom stereocenters. The van der Waals surface area contributed by atoms with Crippen LogP contribution in [0, 0.1) is 0 Å². The predicted molar refractivity (Wildman–Crippen MR) is 303 cm³/mol. The molecular weight excluding hydrogens is 1030 g/mol. The molecule has 448 valence electrons. The van der Waals surface area contributed by atoms with Crippen LogP contribution in [0.5, 0.6) is 0 Å². The number of carbonyl (C=O) groups is 7. The first-order valence-electron chi connectivity index (χ1n) is 28.2. The second kappa shape index (κ2) is 31.9. The molecule has 1 unspecified atom stereocenters. The Hall–Kier alpha value is -5.87. The molecule has 0 radical (unpaired) electrons. The maximum Gasteiger partial charge on any atom is 0.410 e. The molecule has 0 saturated carbocycles. The molecule has 1 N–H and O–H groups in total. The third-order valence-corrected chi connectivity index (χ3v) is 12.6. The molecular formula is C59H94N8O13. The number of rotatable bonds is 15. The predicted octanol–water partition coefficient (Wildman–Crippen LogP) is 5.43. The van der Waals surface area contributed by atoms with Crippen LogP contribution in [0.4, 0.5) is 9.59 Å². The zero-order chi connectivity index (χ0) is 59.1. The summed E-state index contributed by atoms with van der Waals surface area (Å²) in [6.45, 7) is 25.6. The Morgan fingerprint density at radius 2 is 0.775 bits per heavy atom. The van der Waals surface area contributed by atoms with Gasteiger partial charge in [-0.25, -0.2) is 9.59 Å². The zero-order valence-electron chi connectivity index (χ0n) is 50.1. The maximum atomic E-state index is 14.9. The number of nitrogens with one attached hydrogen (secondary N) is 1. The number of nitrogens with zero attached hydrogens (tertiary/aromatic N) is 7. The number of esters is 4. The fraction of sp³-hybridized carbons (Fsp3) is 0.678. The summed E-state index contributed by atoms with van der Waals surface area (Å²) in [7, 11) is 0. The molecule has 21 nitrogen and oxygen atoms in total. The van der Waals surface area contributed by atoms with Gasteiger partial charge in [0.1, 0.15) is 41.7 Å². The Balaban J connectivity index is 1.68. The van der Waals surface area contributed by atoms with Crippen LogP contribution in [0.1, 0.15) is 107 Å². The van der Waals surface area contributed by atoms with E-state index in [9.17, 15) is 33.6 Å². The van der Waals surface area contributed by atoms with Crippen molar-refractivity contribution in [1.29, 1.82) is 0 Å². The van der Waals surface area contributed by atoms with Crippen molar-refractivity contribution in [2.75, 3.05) is 124 Å². The van der Waals surface area contributed by atoms with E-state index in [2.05, 4.69) is 5.32 Å². The molecule has 2 aliphatic heterocycles. The van der Waals surface area contributed by atoms with E-state index < -0.39 is 64.5 Å². The molecule has 2 heterocycles. The fourth-order valence-electron chi connectivity index (χ4n) is 8.85. The highest BCUT2D eigenvalue weighted by atomic mass is 16.6. The SMILES string of the molecule is CC(C)(C)OC(=O)CN1CCN(CC(=O)OC(C)(C)C)CCN(C(CCC(=O)N2CCN(C(=O)OCc3ccccc3)CCNCCN(C(=O)OCc3ccccc3)CC2)C(=O)OC(C)(C)C)CCN(CC(=O)OC(C)(C)C)CC1. The first-order valence-corrected chi connectivity index (χ1v) is 28.2. The fourth-order valence-corrected chi connectivity index (χ4v) is 8.85. The van der Waals surface area contributed by atoms with E-state index in [-0.39, 0.29) is 117 Å². The van der Waals surface area contributed by atoms with Gasteiger partial charge in [-0.15, -0.1) is 0 Å². The summed E-state index contributed by atoms with van der Waals surface area (Å²) < 4.78 is 34.9. The van der Waals surface area contributed by atoms with Crippen molar-refractivity contribution < 1.29 is 62.0 Å². The van der Waals surface area contributed by atoms with Crippen molar-refractivity contribution in [2.24, 2.45) is 0 Å². The van der Waals surface area contributed by atoms with Crippen LogP contribution in [0.15, 0.2) is 60.7 Å². The van der Waals surface area contributed by atoms with Crippen molar-refractivity contribution in [3.8, 4) is 0 Å². The Morgan fingerprint density at radius 3 is 1.12 bits per heavy atom. The van der Waals surface area contributed by atoms with Gasteiger partial charge < -0.3 is 48.4 Å². The summed E-state index contributed by atoms with van der Waals surface area (Å²) in [4.78, 5) is 110. The summed E-state index contributed by atoms with van der Waals surface area (Å²) >= 11 is 0. The highest BCUT2D eigenvalue weighted by molar-refractivity contribution is 5.80. The minimum Gasteiger partial charge on any atom is -0.459 e. The van der Waals surface area contributed by atoms with Gasteiger partial charge in [-0.05, 0) is 101 Å². The maximum absolute atomic E-state index is 14.9. The quantitative estimate of drug-likeness (QED) is 0.174. The summed E-state index contributed by atoms with van der Waals surface area (Å²) in [6.07, 6.45) is -1.18. The molecule has 3 amide bonds.